The van der Waals surface area contributed by atoms with Crippen LogP contribution in [0.4, 0.5) is 5.69 Å². The number of aryl methyl sites for hydroxylation is 1. The molecule has 2 atom stereocenters. The van der Waals surface area contributed by atoms with Crippen LogP contribution < -0.4 is 10.2 Å². The first-order valence-electron chi connectivity index (χ1n) is 8.00. The van der Waals surface area contributed by atoms with Crippen LogP contribution in [0.1, 0.15) is 37.7 Å². The Hall–Kier alpha value is -1.02. The summed E-state index contributed by atoms with van der Waals surface area (Å²) < 4.78 is 0. The molecule has 0 amide bonds. The Morgan fingerprint density at radius 2 is 2.00 bits per heavy atom. The van der Waals surface area contributed by atoms with Crippen molar-refractivity contribution in [1.82, 2.24) is 5.32 Å². The summed E-state index contributed by atoms with van der Waals surface area (Å²) >= 11 is 0. The van der Waals surface area contributed by atoms with E-state index in [1.807, 2.05) is 0 Å². The minimum Gasteiger partial charge on any atom is -0.368 e. The number of hydrogen-bond donors (Lipinski definition) is 1. The predicted molar refractivity (Wildman–Crippen MR) is 79.6 cm³/mol. The molecule has 2 aliphatic carbocycles. The largest absolute Gasteiger partial charge is 0.368 e. The highest BCUT2D eigenvalue weighted by atomic mass is 15.2. The quantitative estimate of drug-likeness (QED) is 0.891. The number of anilines is 1. The van der Waals surface area contributed by atoms with E-state index >= 15 is 0 Å². The Morgan fingerprint density at radius 1 is 1.11 bits per heavy atom. The van der Waals surface area contributed by atoms with Gasteiger partial charge < -0.3 is 10.2 Å². The third-order valence-corrected chi connectivity index (χ3v) is 5.17. The van der Waals surface area contributed by atoms with Gasteiger partial charge in [0.15, 0.2) is 0 Å². The van der Waals surface area contributed by atoms with Crippen molar-refractivity contribution in [3.63, 3.8) is 0 Å². The van der Waals surface area contributed by atoms with Crippen LogP contribution in [0.3, 0.4) is 0 Å². The zero-order valence-corrected chi connectivity index (χ0v) is 11.6. The SMILES string of the molecule is c1ccc2c(c1)CCCN2C1CCC1CNC1CC1. The van der Waals surface area contributed by atoms with Gasteiger partial charge in [0.2, 0.25) is 0 Å². The molecule has 1 heterocycles. The molecule has 19 heavy (non-hydrogen) atoms. The molecule has 1 N–H and O–H groups in total. The lowest BCUT2D eigenvalue weighted by atomic mass is 9.77. The van der Waals surface area contributed by atoms with Gasteiger partial charge in [-0.3, -0.25) is 0 Å². The van der Waals surface area contributed by atoms with Crippen LogP contribution in [0, 0.1) is 5.92 Å². The Labute approximate surface area is 116 Å². The van der Waals surface area contributed by atoms with Crippen LogP contribution in [0.2, 0.25) is 0 Å². The van der Waals surface area contributed by atoms with Crippen LogP contribution in [0.25, 0.3) is 0 Å². The molecule has 1 aromatic carbocycles. The first-order valence-corrected chi connectivity index (χ1v) is 8.00. The second-order valence-corrected chi connectivity index (χ2v) is 6.51. The average Bonchev–Trinajstić information content (AvgIpc) is 3.22. The molecule has 2 heteroatoms. The fraction of sp³-hybridized carbons (Fsp3) is 0.647. The third-order valence-electron chi connectivity index (χ3n) is 5.17. The minimum absolute atomic E-state index is 0.799. The summed E-state index contributed by atoms with van der Waals surface area (Å²) in [6.07, 6.45) is 8.23. The first kappa shape index (κ1) is 11.8. The molecular formula is C17H24N2. The monoisotopic (exact) mass is 256 g/mol. The maximum Gasteiger partial charge on any atom is 0.0401 e. The van der Waals surface area contributed by atoms with E-state index in [9.17, 15) is 0 Å². The van der Waals surface area contributed by atoms with Gasteiger partial charge in [0, 0.05) is 30.9 Å². The van der Waals surface area contributed by atoms with Gasteiger partial charge in [0.05, 0.1) is 0 Å². The van der Waals surface area contributed by atoms with E-state index in [1.54, 1.807) is 5.56 Å². The molecule has 1 aliphatic heterocycles. The van der Waals surface area contributed by atoms with Crippen molar-refractivity contribution < 1.29 is 0 Å². The van der Waals surface area contributed by atoms with Gasteiger partial charge in [-0.1, -0.05) is 18.2 Å². The smallest absolute Gasteiger partial charge is 0.0401 e. The molecule has 0 aromatic heterocycles. The lowest BCUT2D eigenvalue weighted by molar-refractivity contribution is 0.230. The molecule has 3 aliphatic rings. The molecule has 102 valence electrons. The molecule has 0 bridgehead atoms. The number of hydrogen-bond acceptors (Lipinski definition) is 2. The summed E-state index contributed by atoms with van der Waals surface area (Å²) in [5, 5.41) is 3.72. The molecule has 4 rings (SSSR count). The Morgan fingerprint density at radius 3 is 2.79 bits per heavy atom. The zero-order chi connectivity index (χ0) is 12.7. The Balaban J connectivity index is 1.46. The van der Waals surface area contributed by atoms with Crippen LogP contribution in [0.15, 0.2) is 24.3 Å². The van der Waals surface area contributed by atoms with Crippen molar-refractivity contribution in [1.29, 1.82) is 0 Å². The van der Waals surface area contributed by atoms with E-state index in [0.29, 0.717) is 0 Å². The van der Waals surface area contributed by atoms with Crippen LogP contribution in [-0.4, -0.2) is 25.2 Å². The van der Waals surface area contributed by atoms with Gasteiger partial charge in [-0.15, -0.1) is 0 Å². The number of para-hydroxylation sites is 1. The topological polar surface area (TPSA) is 15.3 Å². The average molecular weight is 256 g/mol. The summed E-state index contributed by atoms with van der Waals surface area (Å²) in [6.45, 7) is 2.51. The lowest BCUT2D eigenvalue weighted by Gasteiger charge is -2.48. The number of nitrogens with zero attached hydrogens (tertiary/aromatic N) is 1. The molecule has 1 aromatic rings. The van der Waals surface area contributed by atoms with Gasteiger partial charge in [0.1, 0.15) is 0 Å². The van der Waals surface area contributed by atoms with E-state index in [1.165, 1.54) is 57.3 Å². The number of fused-ring (bicyclic) bond motifs is 1. The summed E-state index contributed by atoms with van der Waals surface area (Å²) in [6, 6.07) is 10.7. The fourth-order valence-electron chi connectivity index (χ4n) is 3.71. The van der Waals surface area contributed by atoms with E-state index in [0.717, 1.165) is 18.0 Å². The number of rotatable bonds is 4. The Bertz CT molecular complexity index is 452. The van der Waals surface area contributed by atoms with Crippen molar-refractivity contribution in [2.24, 2.45) is 5.92 Å². The van der Waals surface area contributed by atoms with E-state index in [2.05, 4.69) is 34.5 Å². The second-order valence-electron chi connectivity index (χ2n) is 6.51. The maximum absolute atomic E-state index is 3.72. The van der Waals surface area contributed by atoms with E-state index in [-0.39, 0.29) is 0 Å². The molecule has 2 nitrogen and oxygen atoms in total. The Kier molecular flexibility index (Phi) is 2.99. The molecule has 0 radical (unpaired) electrons. The minimum atomic E-state index is 0.799. The molecule has 0 saturated heterocycles. The highest BCUT2D eigenvalue weighted by Gasteiger charge is 2.37. The van der Waals surface area contributed by atoms with Crippen LogP contribution in [0.5, 0.6) is 0 Å². The van der Waals surface area contributed by atoms with Gasteiger partial charge in [-0.2, -0.15) is 0 Å². The summed E-state index contributed by atoms with van der Waals surface area (Å²) in [5.74, 6) is 0.881. The summed E-state index contributed by atoms with van der Waals surface area (Å²) in [4.78, 5) is 2.71. The van der Waals surface area contributed by atoms with Crippen molar-refractivity contribution in [2.45, 2.75) is 50.6 Å². The number of nitrogens with one attached hydrogen (secondary N) is 1. The maximum atomic E-state index is 3.72. The van der Waals surface area contributed by atoms with E-state index < -0.39 is 0 Å². The van der Waals surface area contributed by atoms with E-state index in [4.69, 9.17) is 0 Å². The summed E-state index contributed by atoms with van der Waals surface area (Å²) in [5.41, 5.74) is 3.09. The highest BCUT2D eigenvalue weighted by Crippen LogP contribution is 2.38. The third kappa shape index (κ3) is 2.27. The van der Waals surface area contributed by atoms with Crippen LogP contribution in [-0.2, 0) is 6.42 Å². The van der Waals surface area contributed by atoms with Crippen molar-refractivity contribution >= 4 is 5.69 Å². The first-order chi connectivity index (χ1) is 9.42. The van der Waals surface area contributed by atoms with Gasteiger partial charge in [-0.05, 0) is 56.1 Å². The predicted octanol–water partition coefficient (Wildman–Crippen LogP) is 2.97. The zero-order valence-electron chi connectivity index (χ0n) is 11.6. The van der Waals surface area contributed by atoms with Crippen molar-refractivity contribution in [3.8, 4) is 0 Å². The fourth-order valence-corrected chi connectivity index (χ4v) is 3.71. The molecule has 2 fully saturated rings. The van der Waals surface area contributed by atoms with Gasteiger partial charge in [0.25, 0.3) is 0 Å². The molecule has 0 spiro atoms. The molecular weight excluding hydrogens is 232 g/mol. The summed E-state index contributed by atoms with van der Waals surface area (Å²) in [7, 11) is 0. The van der Waals surface area contributed by atoms with Gasteiger partial charge >= 0.3 is 0 Å². The normalized spacial score (nSPS) is 29.8. The molecule has 2 unspecified atom stereocenters. The van der Waals surface area contributed by atoms with Gasteiger partial charge in [-0.25, -0.2) is 0 Å². The standard InChI is InChI=1S/C17H24N2/c1-2-6-16-13(4-1)5-3-11-19(16)17-10-7-14(17)12-18-15-8-9-15/h1-2,4,6,14-15,17-18H,3,5,7-12H2. The molecule has 2 saturated carbocycles. The highest BCUT2D eigenvalue weighted by molar-refractivity contribution is 5.56. The van der Waals surface area contributed by atoms with Crippen molar-refractivity contribution in [2.75, 3.05) is 18.0 Å². The van der Waals surface area contributed by atoms with Crippen molar-refractivity contribution in [3.05, 3.63) is 29.8 Å². The van der Waals surface area contributed by atoms with Crippen LogP contribution >= 0.6 is 0 Å². The lowest BCUT2D eigenvalue weighted by Crippen LogP contribution is -2.52. The second kappa shape index (κ2) is 4.82. The number of benzene rings is 1.